The van der Waals surface area contributed by atoms with E-state index in [4.69, 9.17) is 4.74 Å². The fourth-order valence-electron chi connectivity index (χ4n) is 3.93. The number of esters is 1. The minimum Gasteiger partial charge on any atom is -0.452 e. The molecular formula is C22H28N2O3. The zero-order valence-corrected chi connectivity index (χ0v) is 16.3. The lowest BCUT2D eigenvalue weighted by atomic mass is 9.86. The van der Waals surface area contributed by atoms with Crippen molar-refractivity contribution >= 4 is 11.9 Å². The lowest BCUT2D eigenvalue weighted by Crippen LogP contribution is -2.42. The number of hydrogen-bond donors (Lipinski definition) is 1. The molecule has 0 unspecified atom stereocenters. The fourth-order valence-corrected chi connectivity index (χ4v) is 3.93. The largest absolute Gasteiger partial charge is 0.452 e. The van der Waals surface area contributed by atoms with E-state index in [2.05, 4.69) is 12.2 Å². The standard InChI is InChI=1S/C22H28N2O3/c1-15-9-7-8-12-20(15)23-21(25)14-27-22(26)19-13-16(2)24(17(19)3)18-10-5-4-6-11-18/h4-6,10-11,13,15,20H,7-9,12,14H2,1-3H3,(H,23,25)/t15-,20+/m0/s1. The summed E-state index contributed by atoms with van der Waals surface area (Å²) in [6, 6.07) is 11.9. The molecule has 3 rings (SSSR count). The third kappa shape index (κ3) is 4.41. The first kappa shape index (κ1) is 19.2. The van der Waals surface area contributed by atoms with Gasteiger partial charge < -0.3 is 14.6 Å². The van der Waals surface area contributed by atoms with Crippen LogP contribution in [-0.4, -0.2) is 29.1 Å². The Bertz CT molecular complexity index is 810. The van der Waals surface area contributed by atoms with Crippen molar-refractivity contribution in [2.24, 2.45) is 5.92 Å². The number of amides is 1. The summed E-state index contributed by atoms with van der Waals surface area (Å²) >= 11 is 0. The molecule has 0 radical (unpaired) electrons. The Labute approximate surface area is 160 Å². The molecule has 1 aliphatic rings. The van der Waals surface area contributed by atoms with Gasteiger partial charge in [-0.3, -0.25) is 4.79 Å². The Kier molecular flexibility index (Phi) is 5.99. The molecule has 0 aliphatic heterocycles. The molecule has 5 heteroatoms. The van der Waals surface area contributed by atoms with E-state index in [0.717, 1.165) is 36.3 Å². The van der Waals surface area contributed by atoms with Gasteiger partial charge in [0, 0.05) is 23.1 Å². The number of nitrogens with one attached hydrogen (secondary N) is 1. The number of aryl methyl sites for hydroxylation is 1. The van der Waals surface area contributed by atoms with E-state index in [1.807, 2.05) is 54.8 Å². The van der Waals surface area contributed by atoms with Crippen LogP contribution >= 0.6 is 0 Å². The predicted octanol–water partition coefficient (Wildman–Crippen LogP) is 3.95. The number of para-hydroxylation sites is 1. The van der Waals surface area contributed by atoms with Crippen LogP contribution in [0.4, 0.5) is 0 Å². The Hall–Kier alpha value is -2.56. The third-order valence-electron chi connectivity index (χ3n) is 5.46. The van der Waals surface area contributed by atoms with E-state index in [1.54, 1.807) is 0 Å². The highest BCUT2D eigenvalue weighted by Crippen LogP contribution is 2.24. The van der Waals surface area contributed by atoms with Crippen LogP contribution in [0.3, 0.4) is 0 Å². The van der Waals surface area contributed by atoms with E-state index >= 15 is 0 Å². The lowest BCUT2D eigenvalue weighted by molar-refractivity contribution is -0.125. The smallest absolute Gasteiger partial charge is 0.340 e. The maximum Gasteiger partial charge on any atom is 0.340 e. The van der Waals surface area contributed by atoms with Crippen LogP contribution in [-0.2, 0) is 9.53 Å². The van der Waals surface area contributed by atoms with Gasteiger partial charge >= 0.3 is 5.97 Å². The molecule has 1 aromatic carbocycles. The van der Waals surface area contributed by atoms with Gasteiger partial charge in [-0.25, -0.2) is 4.79 Å². The average Bonchev–Trinajstić information content (AvgIpc) is 2.96. The summed E-state index contributed by atoms with van der Waals surface area (Å²) in [4.78, 5) is 24.7. The normalized spacial score (nSPS) is 19.5. The predicted molar refractivity (Wildman–Crippen MR) is 105 cm³/mol. The molecular weight excluding hydrogens is 340 g/mol. The molecule has 1 aliphatic carbocycles. The SMILES string of the molecule is Cc1cc(C(=O)OCC(=O)N[C@@H]2CCCC[C@@H]2C)c(C)n1-c1ccccc1. The average molecular weight is 368 g/mol. The minimum atomic E-state index is -0.461. The number of rotatable bonds is 5. The summed E-state index contributed by atoms with van der Waals surface area (Å²) < 4.78 is 7.30. The molecule has 1 fully saturated rings. The molecule has 0 spiro atoms. The molecule has 144 valence electrons. The van der Waals surface area contributed by atoms with Crippen molar-refractivity contribution in [2.45, 2.75) is 52.5 Å². The van der Waals surface area contributed by atoms with Gasteiger partial charge in [-0.1, -0.05) is 38.0 Å². The molecule has 0 saturated heterocycles. The summed E-state index contributed by atoms with van der Waals surface area (Å²) in [7, 11) is 0. The summed E-state index contributed by atoms with van der Waals surface area (Å²) in [5, 5.41) is 3.01. The van der Waals surface area contributed by atoms with Gasteiger partial charge in [-0.2, -0.15) is 0 Å². The van der Waals surface area contributed by atoms with Gasteiger partial charge in [0.25, 0.3) is 5.91 Å². The summed E-state index contributed by atoms with van der Waals surface area (Å²) in [5.74, 6) is -0.209. The number of ether oxygens (including phenoxy) is 1. The molecule has 1 aromatic heterocycles. The van der Waals surface area contributed by atoms with E-state index in [0.29, 0.717) is 11.5 Å². The van der Waals surface area contributed by atoms with E-state index in [1.165, 1.54) is 6.42 Å². The number of benzene rings is 1. The van der Waals surface area contributed by atoms with Crippen molar-refractivity contribution in [3.8, 4) is 5.69 Å². The van der Waals surface area contributed by atoms with Crippen LogP contribution in [0.1, 0.15) is 54.4 Å². The van der Waals surface area contributed by atoms with Crippen LogP contribution in [0, 0.1) is 19.8 Å². The van der Waals surface area contributed by atoms with Crippen molar-refractivity contribution in [3.05, 3.63) is 53.3 Å². The lowest BCUT2D eigenvalue weighted by Gasteiger charge is -2.29. The minimum absolute atomic E-state index is 0.188. The van der Waals surface area contributed by atoms with Gasteiger partial charge in [0.15, 0.2) is 6.61 Å². The molecule has 2 atom stereocenters. The zero-order chi connectivity index (χ0) is 19.4. The Morgan fingerprint density at radius 1 is 1.15 bits per heavy atom. The molecule has 27 heavy (non-hydrogen) atoms. The highest BCUT2D eigenvalue weighted by atomic mass is 16.5. The molecule has 2 aromatic rings. The molecule has 1 N–H and O–H groups in total. The van der Waals surface area contributed by atoms with E-state index in [-0.39, 0.29) is 18.6 Å². The van der Waals surface area contributed by atoms with Crippen molar-refractivity contribution < 1.29 is 14.3 Å². The third-order valence-corrected chi connectivity index (χ3v) is 5.46. The summed E-state index contributed by atoms with van der Waals surface area (Å²) in [6.07, 6.45) is 4.50. The number of carbonyl (C=O) groups excluding carboxylic acids is 2. The topological polar surface area (TPSA) is 60.3 Å². The van der Waals surface area contributed by atoms with E-state index in [9.17, 15) is 9.59 Å². The van der Waals surface area contributed by atoms with Crippen molar-refractivity contribution in [1.82, 2.24) is 9.88 Å². The van der Waals surface area contributed by atoms with Crippen molar-refractivity contribution in [1.29, 1.82) is 0 Å². The highest BCUT2D eigenvalue weighted by Gasteiger charge is 2.24. The van der Waals surface area contributed by atoms with Gasteiger partial charge in [-0.05, 0) is 50.8 Å². The second-order valence-corrected chi connectivity index (χ2v) is 7.47. The highest BCUT2D eigenvalue weighted by molar-refractivity contribution is 5.93. The Morgan fingerprint density at radius 3 is 2.56 bits per heavy atom. The molecule has 1 saturated carbocycles. The van der Waals surface area contributed by atoms with Crippen LogP contribution in [0.5, 0.6) is 0 Å². The van der Waals surface area contributed by atoms with Crippen LogP contribution in [0.15, 0.2) is 36.4 Å². The Balaban J connectivity index is 1.62. The molecule has 1 heterocycles. The number of hydrogen-bond acceptors (Lipinski definition) is 3. The Morgan fingerprint density at radius 2 is 1.85 bits per heavy atom. The van der Waals surface area contributed by atoms with Gasteiger partial charge in [0.05, 0.1) is 5.56 Å². The second-order valence-electron chi connectivity index (χ2n) is 7.47. The quantitative estimate of drug-likeness (QED) is 0.813. The number of aromatic nitrogens is 1. The van der Waals surface area contributed by atoms with E-state index < -0.39 is 5.97 Å². The first-order valence-corrected chi connectivity index (χ1v) is 9.68. The summed E-state index contributed by atoms with van der Waals surface area (Å²) in [6.45, 7) is 5.76. The summed E-state index contributed by atoms with van der Waals surface area (Å²) in [5.41, 5.74) is 3.25. The fraction of sp³-hybridized carbons (Fsp3) is 0.455. The molecule has 0 bridgehead atoms. The number of nitrogens with zero attached hydrogens (tertiary/aromatic N) is 1. The van der Waals surface area contributed by atoms with Crippen LogP contribution in [0.25, 0.3) is 5.69 Å². The molecule has 5 nitrogen and oxygen atoms in total. The second kappa shape index (κ2) is 8.42. The maximum absolute atomic E-state index is 12.5. The zero-order valence-electron chi connectivity index (χ0n) is 16.3. The van der Waals surface area contributed by atoms with Gasteiger partial charge in [0.2, 0.25) is 0 Å². The van der Waals surface area contributed by atoms with Gasteiger partial charge in [-0.15, -0.1) is 0 Å². The molecule has 1 amide bonds. The van der Waals surface area contributed by atoms with Crippen molar-refractivity contribution in [2.75, 3.05) is 6.61 Å². The van der Waals surface area contributed by atoms with Crippen LogP contribution in [0.2, 0.25) is 0 Å². The van der Waals surface area contributed by atoms with Gasteiger partial charge in [0.1, 0.15) is 0 Å². The van der Waals surface area contributed by atoms with Crippen molar-refractivity contribution in [3.63, 3.8) is 0 Å². The monoisotopic (exact) mass is 368 g/mol. The van der Waals surface area contributed by atoms with Crippen LogP contribution < -0.4 is 5.32 Å². The first-order valence-electron chi connectivity index (χ1n) is 9.68. The number of carbonyl (C=O) groups is 2. The maximum atomic E-state index is 12.5. The first-order chi connectivity index (χ1) is 13.0.